The van der Waals surface area contributed by atoms with Crippen molar-refractivity contribution in [1.29, 1.82) is 0 Å². The topological polar surface area (TPSA) is 60.7 Å². The molecule has 0 aromatic rings. The van der Waals surface area contributed by atoms with Crippen LogP contribution in [0.25, 0.3) is 0 Å². The van der Waals surface area contributed by atoms with E-state index >= 15 is 0 Å². The highest BCUT2D eigenvalue weighted by Crippen LogP contribution is 2.60. The highest BCUT2D eigenvalue weighted by atomic mass is 16.3. The third-order valence-corrected chi connectivity index (χ3v) is 8.44. The van der Waals surface area contributed by atoms with Gasteiger partial charge in [-0.25, -0.2) is 0 Å². The van der Waals surface area contributed by atoms with Gasteiger partial charge in [-0.1, -0.05) is 51.0 Å². The monoisotopic (exact) mass is 416 g/mol. The van der Waals surface area contributed by atoms with Crippen LogP contribution in [-0.4, -0.2) is 33.1 Å². The Morgan fingerprint density at radius 1 is 1.23 bits per heavy atom. The summed E-state index contributed by atoms with van der Waals surface area (Å²) in [5.41, 5.74) is 3.17. The summed E-state index contributed by atoms with van der Waals surface area (Å²) in [5, 5.41) is 30.2. The highest BCUT2D eigenvalue weighted by molar-refractivity contribution is 5.38. The lowest BCUT2D eigenvalue weighted by Gasteiger charge is -2.44. The predicted octanol–water partition coefficient (Wildman–Crippen LogP) is 5.70. The van der Waals surface area contributed by atoms with Gasteiger partial charge in [-0.05, 0) is 93.1 Å². The lowest BCUT2D eigenvalue weighted by molar-refractivity contribution is 0.0596. The van der Waals surface area contributed by atoms with E-state index in [1.165, 1.54) is 38.5 Å². The maximum atomic E-state index is 10.1. The molecule has 3 N–H and O–H groups in total. The first-order chi connectivity index (χ1) is 14.0. The number of rotatable bonds is 6. The molecule has 0 aliphatic heterocycles. The Labute approximate surface area is 184 Å². The zero-order chi connectivity index (χ0) is 22.1. The number of allylic oxidation sites excluding steroid dienone is 3. The molecule has 3 aliphatic carbocycles. The summed E-state index contributed by atoms with van der Waals surface area (Å²) >= 11 is 0. The Kier molecular flexibility index (Phi) is 7.37. The average molecular weight is 417 g/mol. The maximum absolute atomic E-state index is 10.1. The van der Waals surface area contributed by atoms with Crippen LogP contribution in [0.2, 0.25) is 0 Å². The molecule has 0 spiro atoms. The van der Waals surface area contributed by atoms with Gasteiger partial charge in [0.2, 0.25) is 0 Å². The van der Waals surface area contributed by atoms with E-state index in [2.05, 4.69) is 32.6 Å². The van der Waals surface area contributed by atoms with Crippen molar-refractivity contribution < 1.29 is 15.3 Å². The Morgan fingerprint density at radius 3 is 2.67 bits per heavy atom. The van der Waals surface area contributed by atoms with E-state index in [1.54, 1.807) is 5.57 Å². The summed E-state index contributed by atoms with van der Waals surface area (Å²) in [6, 6.07) is 0. The first-order valence-electron chi connectivity index (χ1n) is 12.2. The fourth-order valence-electron chi connectivity index (χ4n) is 6.74. The molecule has 30 heavy (non-hydrogen) atoms. The van der Waals surface area contributed by atoms with E-state index in [4.69, 9.17) is 0 Å². The molecule has 3 rings (SSSR count). The molecule has 0 radical (unpaired) electrons. The van der Waals surface area contributed by atoms with Gasteiger partial charge in [0.15, 0.2) is 0 Å². The number of fused-ring (bicyclic) bond motifs is 1. The van der Waals surface area contributed by atoms with Crippen LogP contribution in [0.3, 0.4) is 0 Å². The molecule has 0 heterocycles. The Morgan fingerprint density at radius 2 is 1.97 bits per heavy atom. The van der Waals surface area contributed by atoms with Gasteiger partial charge in [0.25, 0.3) is 0 Å². The van der Waals surface area contributed by atoms with Crippen molar-refractivity contribution >= 4 is 0 Å². The van der Waals surface area contributed by atoms with Gasteiger partial charge in [-0.15, -0.1) is 0 Å². The minimum Gasteiger partial charge on any atom is -0.393 e. The van der Waals surface area contributed by atoms with E-state index in [0.717, 1.165) is 29.9 Å². The lowest BCUT2D eigenvalue weighted by Crippen LogP contribution is -2.36. The van der Waals surface area contributed by atoms with E-state index < -0.39 is 17.8 Å². The molecule has 3 nitrogen and oxygen atoms in total. The quantitative estimate of drug-likeness (QED) is 0.520. The van der Waals surface area contributed by atoms with Crippen molar-refractivity contribution in [1.82, 2.24) is 0 Å². The molecule has 0 amide bonds. The van der Waals surface area contributed by atoms with Gasteiger partial charge in [-0.2, -0.15) is 0 Å². The first kappa shape index (κ1) is 23.8. The second-order valence-corrected chi connectivity index (χ2v) is 11.3. The van der Waals surface area contributed by atoms with Crippen LogP contribution in [0.15, 0.2) is 35.5 Å². The highest BCUT2D eigenvalue weighted by Gasteiger charge is 2.50. The van der Waals surface area contributed by atoms with Crippen molar-refractivity contribution in [2.24, 2.45) is 23.2 Å². The van der Waals surface area contributed by atoms with Crippen LogP contribution in [-0.2, 0) is 0 Å². The third kappa shape index (κ3) is 5.29. The summed E-state index contributed by atoms with van der Waals surface area (Å²) in [7, 11) is 0. The molecule has 6 atom stereocenters. The molecule has 0 aromatic carbocycles. The lowest BCUT2D eigenvalue weighted by atomic mass is 9.60. The zero-order valence-corrected chi connectivity index (χ0v) is 19.7. The molecule has 1 unspecified atom stereocenters. The Bertz CT molecular complexity index is 683. The van der Waals surface area contributed by atoms with Crippen LogP contribution in [0.1, 0.15) is 91.9 Å². The van der Waals surface area contributed by atoms with Gasteiger partial charge in [0.1, 0.15) is 0 Å². The maximum Gasteiger partial charge on any atom is 0.0811 e. The van der Waals surface area contributed by atoms with Crippen LogP contribution in [0.4, 0.5) is 0 Å². The molecule has 0 bridgehead atoms. The van der Waals surface area contributed by atoms with Crippen molar-refractivity contribution in [2.75, 3.05) is 0 Å². The SMILES string of the molecule is C=C1/C(=C\C=C2/CCC[C@]3(C)[C@@H](C(C)CCCC(C)(C)O)CC[C@@H]23)C[C@@H](O)C[C@@H]1O. The van der Waals surface area contributed by atoms with E-state index in [-0.39, 0.29) is 0 Å². The van der Waals surface area contributed by atoms with E-state index in [1.807, 2.05) is 13.8 Å². The van der Waals surface area contributed by atoms with Gasteiger partial charge >= 0.3 is 0 Å². The third-order valence-electron chi connectivity index (χ3n) is 8.44. The van der Waals surface area contributed by atoms with Crippen LogP contribution in [0, 0.1) is 23.2 Å². The zero-order valence-electron chi connectivity index (χ0n) is 19.7. The number of aliphatic hydroxyl groups is 3. The van der Waals surface area contributed by atoms with Gasteiger partial charge in [-0.3, -0.25) is 0 Å². The number of hydrogen-bond donors (Lipinski definition) is 3. The first-order valence-corrected chi connectivity index (χ1v) is 12.2. The predicted molar refractivity (Wildman–Crippen MR) is 124 cm³/mol. The van der Waals surface area contributed by atoms with Crippen molar-refractivity contribution in [2.45, 2.75) is 110 Å². The van der Waals surface area contributed by atoms with Gasteiger partial charge < -0.3 is 15.3 Å². The second-order valence-electron chi connectivity index (χ2n) is 11.3. The molecule has 170 valence electrons. The minimum atomic E-state index is -0.615. The van der Waals surface area contributed by atoms with Crippen molar-refractivity contribution in [3.8, 4) is 0 Å². The summed E-state index contributed by atoms with van der Waals surface area (Å²) in [4.78, 5) is 0. The molecule has 0 saturated heterocycles. The van der Waals surface area contributed by atoms with Crippen molar-refractivity contribution in [3.05, 3.63) is 35.5 Å². The molecule has 0 aromatic heterocycles. The Balaban J connectivity index is 1.70. The molecular weight excluding hydrogens is 372 g/mol. The fourth-order valence-corrected chi connectivity index (χ4v) is 6.74. The summed E-state index contributed by atoms with van der Waals surface area (Å²) < 4.78 is 0. The minimum absolute atomic E-state index is 0.374. The number of aliphatic hydroxyl groups excluding tert-OH is 2. The average Bonchev–Trinajstić information content (AvgIpc) is 3.00. The van der Waals surface area contributed by atoms with Crippen LogP contribution >= 0.6 is 0 Å². The molecular formula is C27H44O3. The van der Waals surface area contributed by atoms with E-state index in [9.17, 15) is 15.3 Å². The summed E-state index contributed by atoms with van der Waals surface area (Å²) in [6.45, 7) is 12.8. The van der Waals surface area contributed by atoms with Crippen molar-refractivity contribution in [3.63, 3.8) is 0 Å². The standard InChI is InChI=1S/C27H44O3/c1-18(8-6-14-26(3,4)30)23-12-13-24-20(9-7-15-27(23,24)5)10-11-21-16-22(28)17-25(29)19(21)2/h10-11,18,22-25,28-30H,2,6-9,12-17H2,1,3-5H3/b20-10+,21-11-/t18?,22-,23-,24+,25+,27-/m1/s1. The summed E-state index contributed by atoms with van der Waals surface area (Å²) in [5.74, 6) is 2.11. The molecule has 3 heteroatoms. The molecule has 3 aliphatic rings. The van der Waals surface area contributed by atoms with Gasteiger partial charge in [0.05, 0.1) is 17.8 Å². The largest absolute Gasteiger partial charge is 0.393 e. The molecule has 3 saturated carbocycles. The second kappa shape index (κ2) is 9.30. The fraction of sp³-hybridized carbons (Fsp3) is 0.778. The Hall–Kier alpha value is -0.900. The van der Waals surface area contributed by atoms with Crippen LogP contribution < -0.4 is 0 Å². The van der Waals surface area contributed by atoms with E-state index in [0.29, 0.717) is 30.1 Å². The normalized spacial score (nSPS) is 38.8. The van der Waals surface area contributed by atoms with Gasteiger partial charge in [0, 0.05) is 6.42 Å². The number of hydrogen-bond acceptors (Lipinski definition) is 3. The van der Waals surface area contributed by atoms with Crippen LogP contribution in [0.5, 0.6) is 0 Å². The summed E-state index contributed by atoms with van der Waals surface area (Å²) in [6.07, 6.45) is 13.9. The smallest absolute Gasteiger partial charge is 0.0811 e. The molecule has 3 fully saturated rings.